The highest BCUT2D eigenvalue weighted by Gasteiger charge is 2.57. The molecular weight excluding hydrogens is 263 g/mol. The van der Waals surface area contributed by atoms with Crippen molar-refractivity contribution in [3.05, 3.63) is 35.9 Å². The van der Waals surface area contributed by atoms with Gasteiger partial charge in [0, 0.05) is 7.11 Å². The van der Waals surface area contributed by atoms with Crippen molar-refractivity contribution < 1.29 is 23.4 Å². The summed E-state index contributed by atoms with van der Waals surface area (Å²) in [6.45, 7) is 3.32. The average molecular weight is 282 g/mol. The first-order valence-corrected chi connectivity index (χ1v) is 6.63. The lowest BCUT2D eigenvalue weighted by Crippen LogP contribution is -2.48. The van der Waals surface area contributed by atoms with Gasteiger partial charge in [0.1, 0.15) is 0 Å². The monoisotopic (exact) mass is 282 g/mol. The summed E-state index contributed by atoms with van der Waals surface area (Å²) in [5.41, 5.74) is -1.07. The Morgan fingerprint density at radius 3 is 2.60 bits per heavy atom. The van der Waals surface area contributed by atoms with E-state index in [-0.39, 0.29) is 0 Å². The maximum Gasteiger partial charge on any atom is 0.338 e. The molecule has 0 radical (unpaired) electrons. The van der Waals surface area contributed by atoms with E-state index < -0.39 is 30.1 Å². The van der Waals surface area contributed by atoms with Gasteiger partial charge in [-0.25, -0.2) is 9.18 Å². The Bertz CT molecular complexity index is 460. The van der Waals surface area contributed by atoms with Crippen LogP contribution >= 0.6 is 0 Å². The van der Waals surface area contributed by atoms with Crippen molar-refractivity contribution in [1.82, 2.24) is 0 Å². The summed E-state index contributed by atoms with van der Waals surface area (Å²) in [5.74, 6) is -0.585. The van der Waals surface area contributed by atoms with Crippen molar-refractivity contribution in [2.45, 2.75) is 44.4 Å². The van der Waals surface area contributed by atoms with Crippen LogP contribution in [0.4, 0.5) is 4.39 Å². The molecule has 1 aliphatic heterocycles. The van der Waals surface area contributed by atoms with E-state index in [2.05, 4.69) is 0 Å². The SMILES string of the molecule is CC[C@H]1O[C@H](OC)[C@](C)(OC(=O)c2ccccc2)[C@@H]1F. The molecule has 2 rings (SSSR count). The Hall–Kier alpha value is -1.46. The highest BCUT2D eigenvalue weighted by Crippen LogP contribution is 2.38. The fourth-order valence-electron chi connectivity index (χ4n) is 2.39. The molecule has 1 saturated heterocycles. The van der Waals surface area contributed by atoms with Crippen LogP contribution in [-0.2, 0) is 14.2 Å². The standard InChI is InChI=1S/C15H19FO4/c1-4-11-12(16)15(2,14(18-3)19-11)20-13(17)10-8-6-5-7-9-10/h5-9,11-12,14H,4H2,1-3H3/t11-,12-,14+,15-/m1/s1. The molecule has 20 heavy (non-hydrogen) atoms. The Morgan fingerprint density at radius 1 is 1.40 bits per heavy atom. The second-order valence-corrected chi connectivity index (χ2v) is 4.99. The zero-order valence-electron chi connectivity index (χ0n) is 11.8. The molecule has 1 aliphatic rings. The highest BCUT2D eigenvalue weighted by molar-refractivity contribution is 5.89. The van der Waals surface area contributed by atoms with E-state index >= 15 is 0 Å². The minimum absolute atomic E-state index is 0.371. The number of benzene rings is 1. The number of carbonyl (C=O) groups excluding carboxylic acids is 1. The van der Waals surface area contributed by atoms with Gasteiger partial charge in [0.25, 0.3) is 0 Å². The molecular formula is C15H19FO4. The van der Waals surface area contributed by atoms with Crippen molar-refractivity contribution in [1.29, 1.82) is 0 Å². The zero-order chi connectivity index (χ0) is 14.8. The second-order valence-electron chi connectivity index (χ2n) is 4.99. The number of hydrogen-bond acceptors (Lipinski definition) is 4. The predicted octanol–water partition coefficient (Wildman–Crippen LogP) is 2.72. The zero-order valence-corrected chi connectivity index (χ0v) is 11.8. The van der Waals surface area contributed by atoms with Crippen LogP contribution in [0.15, 0.2) is 30.3 Å². The lowest BCUT2D eigenvalue weighted by Gasteiger charge is -2.30. The van der Waals surface area contributed by atoms with E-state index in [1.807, 2.05) is 6.92 Å². The van der Waals surface area contributed by atoms with Crippen LogP contribution in [0.25, 0.3) is 0 Å². The van der Waals surface area contributed by atoms with E-state index in [4.69, 9.17) is 14.2 Å². The Labute approximate surface area is 117 Å². The molecule has 110 valence electrons. The van der Waals surface area contributed by atoms with E-state index in [1.54, 1.807) is 30.3 Å². The summed E-state index contributed by atoms with van der Waals surface area (Å²) >= 11 is 0. The van der Waals surface area contributed by atoms with Crippen molar-refractivity contribution in [3.63, 3.8) is 0 Å². The van der Waals surface area contributed by atoms with Crippen molar-refractivity contribution in [2.75, 3.05) is 7.11 Å². The summed E-state index contributed by atoms with van der Waals surface area (Å²) in [6, 6.07) is 8.47. The third-order valence-electron chi connectivity index (χ3n) is 3.58. The molecule has 0 unspecified atom stereocenters. The van der Waals surface area contributed by atoms with Crippen LogP contribution in [0.5, 0.6) is 0 Å². The summed E-state index contributed by atoms with van der Waals surface area (Å²) in [7, 11) is 1.41. The number of halogens is 1. The number of methoxy groups -OCH3 is 1. The Balaban J connectivity index is 2.19. The smallest absolute Gasteiger partial charge is 0.338 e. The van der Waals surface area contributed by atoms with E-state index in [1.165, 1.54) is 14.0 Å². The van der Waals surface area contributed by atoms with E-state index in [9.17, 15) is 9.18 Å². The number of ether oxygens (including phenoxy) is 3. The first kappa shape index (κ1) is 14.9. The lowest BCUT2D eigenvalue weighted by molar-refractivity contribution is -0.184. The van der Waals surface area contributed by atoms with Gasteiger partial charge in [0.2, 0.25) is 6.29 Å². The van der Waals surface area contributed by atoms with Gasteiger partial charge in [0.15, 0.2) is 11.8 Å². The third-order valence-corrected chi connectivity index (χ3v) is 3.58. The molecule has 5 heteroatoms. The summed E-state index contributed by atoms with van der Waals surface area (Å²) < 4.78 is 30.4. The first-order valence-electron chi connectivity index (χ1n) is 6.63. The second kappa shape index (κ2) is 5.89. The van der Waals surface area contributed by atoms with Gasteiger partial charge in [-0.3, -0.25) is 0 Å². The molecule has 0 amide bonds. The largest absolute Gasteiger partial charge is 0.447 e. The van der Waals surface area contributed by atoms with Gasteiger partial charge in [-0.2, -0.15) is 0 Å². The van der Waals surface area contributed by atoms with Crippen LogP contribution in [-0.4, -0.2) is 37.2 Å². The van der Waals surface area contributed by atoms with Crippen LogP contribution in [0.1, 0.15) is 30.6 Å². The van der Waals surface area contributed by atoms with Gasteiger partial charge in [-0.05, 0) is 25.5 Å². The topological polar surface area (TPSA) is 44.8 Å². The highest BCUT2D eigenvalue weighted by atomic mass is 19.1. The molecule has 1 aromatic rings. The van der Waals surface area contributed by atoms with Gasteiger partial charge < -0.3 is 14.2 Å². The summed E-state index contributed by atoms with van der Waals surface area (Å²) in [5, 5.41) is 0. The van der Waals surface area contributed by atoms with Crippen LogP contribution in [0.2, 0.25) is 0 Å². The first-order chi connectivity index (χ1) is 9.52. The van der Waals surface area contributed by atoms with Crippen molar-refractivity contribution in [2.24, 2.45) is 0 Å². The number of alkyl halides is 1. The van der Waals surface area contributed by atoms with E-state index in [0.717, 1.165) is 0 Å². The molecule has 0 bridgehead atoms. The normalized spacial score (nSPS) is 33.1. The Morgan fingerprint density at radius 2 is 2.05 bits per heavy atom. The number of hydrogen-bond donors (Lipinski definition) is 0. The predicted molar refractivity (Wildman–Crippen MR) is 71.1 cm³/mol. The van der Waals surface area contributed by atoms with Gasteiger partial charge >= 0.3 is 5.97 Å². The molecule has 0 saturated carbocycles. The quantitative estimate of drug-likeness (QED) is 0.797. The van der Waals surface area contributed by atoms with Crippen molar-refractivity contribution in [3.8, 4) is 0 Å². The maximum atomic E-state index is 14.5. The molecule has 0 aliphatic carbocycles. The lowest BCUT2D eigenvalue weighted by atomic mass is 9.97. The molecule has 0 N–H and O–H groups in total. The minimum atomic E-state index is -1.44. The fraction of sp³-hybridized carbons (Fsp3) is 0.533. The minimum Gasteiger partial charge on any atom is -0.447 e. The summed E-state index contributed by atoms with van der Waals surface area (Å²) in [6.07, 6.45) is -2.48. The number of esters is 1. The molecule has 1 heterocycles. The molecule has 0 aromatic heterocycles. The van der Waals surface area contributed by atoms with Crippen molar-refractivity contribution >= 4 is 5.97 Å². The van der Waals surface area contributed by atoms with Gasteiger partial charge in [0.05, 0.1) is 11.7 Å². The molecule has 0 spiro atoms. The molecule has 4 nitrogen and oxygen atoms in total. The van der Waals surface area contributed by atoms with Crippen LogP contribution in [0.3, 0.4) is 0 Å². The van der Waals surface area contributed by atoms with Gasteiger partial charge in [-0.15, -0.1) is 0 Å². The fourth-order valence-corrected chi connectivity index (χ4v) is 2.39. The Kier molecular flexibility index (Phi) is 4.40. The van der Waals surface area contributed by atoms with E-state index in [0.29, 0.717) is 12.0 Å². The maximum absolute atomic E-state index is 14.5. The molecule has 1 aromatic carbocycles. The number of carbonyl (C=O) groups is 1. The summed E-state index contributed by atoms with van der Waals surface area (Å²) in [4.78, 5) is 12.1. The van der Waals surface area contributed by atoms with Gasteiger partial charge in [-0.1, -0.05) is 25.1 Å². The molecule has 4 atom stereocenters. The molecule has 1 fully saturated rings. The van der Waals surface area contributed by atoms with Crippen LogP contribution in [0, 0.1) is 0 Å². The van der Waals surface area contributed by atoms with Crippen LogP contribution < -0.4 is 0 Å². The number of rotatable bonds is 4. The third kappa shape index (κ3) is 2.55. The average Bonchev–Trinajstić information content (AvgIpc) is 2.71.